The molecule has 0 saturated carbocycles. The molecule has 18 nitrogen and oxygen atoms in total. The molecular weight excluding hydrogens is 797 g/mol. The lowest BCUT2D eigenvalue weighted by Crippen LogP contribution is -2.69. The van der Waals surface area contributed by atoms with Gasteiger partial charge in [-0.2, -0.15) is 0 Å². The predicted octanol–water partition coefficient (Wildman–Crippen LogP) is 2.15. The van der Waals surface area contributed by atoms with Gasteiger partial charge in [0.1, 0.15) is 24.2 Å². The fraction of sp³-hybridized carbons (Fsp3) is 0.780. The average molecular weight is 871 g/mol. The number of aliphatic carboxylic acids is 1. The highest BCUT2D eigenvalue weighted by Gasteiger charge is 2.46. The monoisotopic (exact) mass is 871 g/mol. The Balaban J connectivity index is 6.70. The number of imide groups is 1. The normalized spacial score (nSPS) is 14.9. The Morgan fingerprint density at radius 1 is 0.717 bits per heavy atom. The molecule has 0 bridgehead atoms. The molecule has 0 fully saturated rings. The van der Waals surface area contributed by atoms with Crippen molar-refractivity contribution in [2.24, 2.45) is 23.7 Å². The van der Waals surface area contributed by atoms with Crippen molar-refractivity contribution >= 4 is 65.5 Å². The van der Waals surface area contributed by atoms with Gasteiger partial charge in [0.05, 0.1) is 11.8 Å². The van der Waals surface area contributed by atoms with Crippen LogP contribution in [-0.4, -0.2) is 161 Å². The second kappa shape index (κ2) is 26.2. The largest absolute Gasteiger partial charge is 0.481 e. The van der Waals surface area contributed by atoms with Gasteiger partial charge in [-0.05, 0) is 56.3 Å². The molecule has 0 aliphatic carbocycles. The first-order valence-electron chi connectivity index (χ1n) is 20.7. The lowest BCUT2D eigenvalue weighted by Gasteiger charge is -2.45. The fourth-order valence-electron chi connectivity index (χ4n) is 6.57. The van der Waals surface area contributed by atoms with E-state index in [4.69, 9.17) is 0 Å². The highest BCUT2D eigenvalue weighted by Crippen LogP contribution is 2.25. The molecule has 0 spiro atoms. The second-order valence-electron chi connectivity index (χ2n) is 17.1. The smallest absolute Gasteiger partial charge is 0.318 e. The summed E-state index contributed by atoms with van der Waals surface area (Å²) in [4.78, 5) is 124. The van der Waals surface area contributed by atoms with Crippen molar-refractivity contribution in [3.8, 4) is 0 Å². The van der Waals surface area contributed by atoms with Gasteiger partial charge >= 0.3 is 12.0 Å². The Morgan fingerprint density at radius 3 is 1.68 bits per heavy atom. The van der Waals surface area contributed by atoms with Gasteiger partial charge in [0.2, 0.25) is 35.4 Å². The number of amides is 8. The van der Waals surface area contributed by atoms with E-state index in [0.29, 0.717) is 19.1 Å². The Labute approximate surface area is 361 Å². The molecule has 19 heteroatoms. The van der Waals surface area contributed by atoms with Crippen LogP contribution in [0.25, 0.3) is 0 Å². The molecule has 0 saturated heterocycles. The third kappa shape index (κ3) is 17.0. The zero-order chi connectivity index (χ0) is 46.8. The van der Waals surface area contributed by atoms with Crippen LogP contribution in [0.5, 0.6) is 0 Å². The number of carbonyl (C=O) groups is 9. The van der Waals surface area contributed by atoms with Gasteiger partial charge in [-0.25, -0.2) is 4.79 Å². The summed E-state index contributed by atoms with van der Waals surface area (Å²) in [5.41, 5.74) is -1.79. The van der Waals surface area contributed by atoms with Crippen molar-refractivity contribution in [2.45, 2.75) is 137 Å². The quantitative estimate of drug-likeness (QED) is 0.0622. The van der Waals surface area contributed by atoms with Crippen LogP contribution in [-0.2, 0) is 38.4 Å². The van der Waals surface area contributed by atoms with Crippen LogP contribution >= 0.6 is 11.8 Å². The maximum atomic E-state index is 14.5. The van der Waals surface area contributed by atoms with Crippen LogP contribution in [0.2, 0.25) is 0 Å². The number of hydrogen-bond acceptors (Lipinski definition) is 11. The van der Waals surface area contributed by atoms with Crippen LogP contribution in [0.15, 0.2) is 0 Å². The minimum Gasteiger partial charge on any atom is -0.481 e. The third-order valence-corrected chi connectivity index (χ3v) is 11.1. The van der Waals surface area contributed by atoms with Gasteiger partial charge in [-0.1, -0.05) is 62.3 Å². The topological polar surface area (TPSA) is 235 Å². The van der Waals surface area contributed by atoms with E-state index < -0.39 is 77.4 Å². The fourth-order valence-corrected chi connectivity index (χ4v) is 7.45. The van der Waals surface area contributed by atoms with Gasteiger partial charge in [0.25, 0.3) is 0 Å². The van der Waals surface area contributed by atoms with Crippen molar-refractivity contribution < 1.29 is 48.3 Å². The highest BCUT2D eigenvalue weighted by atomic mass is 32.2. The highest BCUT2D eigenvalue weighted by molar-refractivity contribution is 8.00. The molecule has 0 aliphatic heterocycles. The molecule has 344 valence electrons. The van der Waals surface area contributed by atoms with E-state index in [0.717, 1.165) is 11.8 Å². The molecule has 8 amide bonds. The summed E-state index contributed by atoms with van der Waals surface area (Å²) in [5.74, 6) is -5.83. The third-order valence-electron chi connectivity index (χ3n) is 10.1. The van der Waals surface area contributed by atoms with Crippen LogP contribution in [0, 0.1) is 23.7 Å². The van der Waals surface area contributed by atoms with Crippen molar-refractivity contribution in [3.05, 3.63) is 0 Å². The zero-order valence-electron chi connectivity index (χ0n) is 38.5. The molecule has 60 heavy (non-hydrogen) atoms. The standard InChI is InChI=1S/C41H74N8O10S/c1-16-17-32(51)46(12)31(21-60-22-33(52)53)38(57)49(15)41(23-50,20-26(6)7)45-34(27(8)9)39(58)47(13)30(19-25(4)5)37(56)44-35(54)28(10)43-40(59)48(14)29(18-24(2)3)36(55)42-11/h23-31,34,45H,16-22H2,1-15H3,(H,42,55)(H,43,59)(H,52,53)(H,44,54,56)/t28?,29-,30+,31-,34-,41+/m1/s1. The number of urea groups is 1. The summed E-state index contributed by atoms with van der Waals surface area (Å²) in [6.45, 7) is 17.8. The number of carbonyl (C=O) groups excluding carboxylic acids is 8. The molecule has 6 atom stereocenters. The van der Waals surface area contributed by atoms with E-state index in [-0.39, 0.29) is 60.3 Å². The van der Waals surface area contributed by atoms with E-state index in [1.807, 2.05) is 48.5 Å². The van der Waals surface area contributed by atoms with Crippen LogP contribution in [0.4, 0.5) is 4.79 Å². The first-order valence-corrected chi connectivity index (χ1v) is 21.8. The summed E-state index contributed by atoms with van der Waals surface area (Å²) in [7, 11) is 7.16. The molecule has 5 N–H and O–H groups in total. The predicted molar refractivity (Wildman–Crippen MR) is 231 cm³/mol. The maximum Gasteiger partial charge on any atom is 0.318 e. The van der Waals surface area contributed by atoms with Gasteiger partial charge in [0.15, 0.2) is 11.9 Å². The van der Waals surface area contributed by atoms with Crippen molar-refractivity contribution in [1.82, 2.24) is 40.9 Å². The van der Waals surface area contributed by atoms with E-state index >= 15 is 0 Å². The van der Waals surface area contributed by atoms with E-state index in [2.05, 4.69) is 21.3 Å². The Kier molecular flexibility index (Phi) is 24.3. The lowest BCUT2D eigenvalue weighted by atomic mass is 9.92. The second-order valence-corrected chi connectivity index (χ2v) is 18.1. The van der Waals surface area contributed by atoms with E-state index in [1.165, 1.54) is 61.8 Å². The van der Waals surface area contributed by atoms with Crippen molar-refractivity contribution in [1.29, 1.82) is 0 Å². The molecular formula is C41H74N8O10S. The molecule has 0 radical (unpaired) electrons. The molecule has 1 unspecified atom stereocenters. The summed E-state index contributed by atoms with van der Waals surface area (Å²) in [5, 5.41) is 19.8. The number of carboxylic acid groups (broad SMARTS) is 1. The average Bonchev–Trinajstić information content (AvgIpc) is 3.16. The molecule has 0 aromatic carbocycles. The Hall–Kier alpha value is -4.26. The van der Waals surface area contributed by atoms with E-state index in [1.54, 1.807) is 13.8 Å². The van der Waals surface area contributed by atoms with Crippen LogP contribution < -0.4 is 21.3 Å². The number of carboxylic acids is 1. The summed E-state index contributed by atoms with van der Waals surface area (Å²) < 4.78 is 0. The van der Waals surface area contributed by atoms with Gasteiger partial charge in [-0.15, -0.1) is 11.8 Å². The SMILES string of the molecule is CCCC(=O)N(C)[C@H](CSCC(=O)O)C(=O)N(C)[C@](C=O)(CC(C)C)N[C@@H](C(=O)N(C)[C@@H](CC(C)C)C(=O)NC(=O)C(C)NC(=O)N(C)[C@H](CC(C)C)C(=O)NC)C(C)C. The number of rotatable bonds is 26. The minimum absolute atomic E-state index is 0.0467. The Morgan fingerprint density at radius 2 is 1.25 bits per heavy atom. The molecule has 0 heterocycles. The van der Waals surface area contributed by atoms with Gasteiger partial charge < -0.3 is 35.3 Å². The number of aldehydes is 1. The van der Waals surface area contributed by atoms with Crippen molar-refractivity contribution in [2.75, 3.05) is 46.7 Å². The maximum absolute atomic E-state index is 14.5. The van der Waals surface area contributed by atoms with Crippen molar-refractivity contribution in [3.63, 3.8) is 0 Å². The number of thioether (sulfide) groups is 1. The van der Waals surface area contributed by atoms with Gasteiger partial charge in [-0.3, -0.25) is 49.0 Å². The van der Waals surface area contributed by atoms with Crippen LogP contribution in [0.3, 0.4) is 0 Å². The first kappa shape index (κ1) is 55.7. The number of likely N-dealkylation sites (N-methyl/N-ethyl adjacent to an activating group) is 5. The van der Waals surface area contributed by atoms with Crippen LogP contribution in [0.1, 0.15) is 101 Å². The summed E-state index contributed by atoms with van der Waals surface area (Å²) in [6.07, 6.45) is 1.76. The van der Waals surface area contributed by atoms with Gasteiger partial charge in [0, 0.05) is 47.4 Å². The minimum atomic E-state index is -1.79. The summed E-state index contributed by atoms with van der Waals surface area (Å²) in [6, 6.07) is -6.18. The summed E-state index contributed by atoms with van der Waals surface area (Å²) >= 11 is 0.954. The molecule has 0 aromatic rings. The molecule has 0 aromatic heterocycles. The van der Waals surface area contributed by atoms with E-state index in [9.17, 15) is 48.3 Å². The number of nitrogens with one attached hydrogen (secondary N) is 4. The zero-order valence-corrected chi connectivity index (χ0v) is 39.4. The molecule has 0 rings (SSSR count). The number of nitrogens with zero attached hydrogens (tertiary/aromatic N) is 4. The molecule has 0 aliphatic rings. The number of hydrogen-bond donors (Lipinski definition) is 5. The Bertz CT molecular complexity index is 1490. The lowest BCUT2D eigenvalue weighted by molar-refractivity contribution is -0.153. The first-order chi connectivity index (χ1) is 27.7.